The van der Waals surface area contributed by atoms with Gasteiger partial charge in [-0.05, 0) is 30.5 Å². The predicted molar refractivity (Wildman–Crippen MR) is 84.2 cm³/mol. The Morgan fingerprint density at radius 1 is 1.30 bits per heavy atom. The van der Waals surface area contributed by atoms with Crippen LogP contribution >= 0.6 is 0 Å². The van der Waals surface area contributed by atoms with Crippen LogP contribution in [0.4, 0.5) is 0 Å². The molecular weight excluding hydrogens is 316 g/mol. The Morgan fingerprint density at radius 3 is 2.65 bits per heavy atom. The molecule has 1 aromatic carbocycles. The van der Waals surface area contributed by atoms with Gasteiger partial charge >= 0.3 is 0 Å². The molecule has 0 radical (unpaired) electrons. The number of aryl methyl sites for hydroxylation is 1. The van der Waals surface area contributed by atoms with Crippen LogP contribution in [0.2, 0.25) is 0 Å². The molecule has 0 spiro atoms. The molecule has 1 saturated heterocycles. The number of sulfonamides is 1. The van der Waals surface area contributed by atoms with Gasteiger partial charge in [0.15, 0.2) is 0 Å². The standard InChI is InChI=1S/C15H20N4O3S/c1-2-13-3-5-14(6-4-13)23(21,22)19-9-7-15(20,12-19)11-18-10-8-16-17-18/h3-6,8,10,20H,2,7,9,11-12H2,1H3. The number of benzene rings is 1. The Labute approximate surface area is 135 Å². The van der Waals surface area contributed by atoms with Crippen LogP contribution in [-0.4, -0.2) is 51.5 Å². The van der Waals surface area contributed by atoms with E-state index in [-0.39, 0.29) is 18.0 Å². The van der Waals surface area contributed by atoms with Crippen LogP contribution < -0.4 is 0 Å². The minimum absolute atomic E-state index is 0.0602. The normalized spacial score (nSPS) is 22.5. The second-order valence-corrected chi connectivity index (χ2v) is 7.85. The Kier molecular flexibility index (Phi) is 4.22. The predicted octanol–water partition coefficient (Wildman–Crippen LogP) is 0.666. The lowest BCUT2D eigenvalue weighted by atomic mass is 10.0. The van der Waals surface area contributed by atoms with Crippen LogP contribution in [0, 0.1) is 0 Å². The van der Waals surface area contributed by atoms with Gasteiger partial charge in [0, 0.05) is 19.3 Å². The van der Waals surface area contributed by atoms with Crippen molar-refractivity contribution >= 4 is 10.0 Å². The summed E-state index contributed by atoms with van der Waals surface area (Å²) in [6.07, 6.45) is 4.42. The Bertz CT molecular complexity index is 759. The fraction of sp³-hybridized carbons (Fsp3) is 0.467. The molecule has 124 valence electrons. The first-order chi connectivity index (χ1) is 10.9. The van der Waals surface area contributed by atoms with Crippen molar-refractivity contribution in [3.63, 3.8) is 0 Å². The zero-order chi connectivity index (χ0) is 16.5. The molecule has 0 saturated carbocycles. The maximum atomic E-state index is 12.7. The van der Waals surface area contributed by atoms with Crippen LogP contribution in [0.15, 0.2) is 41.6 Å². The highest BCUT2D eigenvalue weighted by Crippen LogP contribution is 2.28. The smallest absolute Gasteiger partial charge is 0.243 e. The monoisotopic (exact) mass is 336 g/mol. The third-order valence-corrected chi connectivity index (χ3v) is 6.05. The fourth-order valence-electron chi connectivity index (χ4n) is 2.82. The third kappa shape index (κ3) is 3.29. The fourth-order valence-corrected chi connectivity index (χ4v) is 4.34. The lowest BCUT2D eigenvalue weighted by molar-refractivity contribution is 0.0341. The minimum Gasteiger partial charge on any atom is -0.387 e. The molecule has 1 fully saturated rings. The Balaban J connectivity index is 1.76. The number of β-amino-alcohol motifs (C(OH)–C–C–N with tert-alkyl or cyclic N) is 1. The first-order valence-corrected chi connectivity index (χ1v) is 9.02. The van der Waals surface area contributed by atoms with Gasteiger partial charge in [0.05, 0.1) is 23.2 Å². The third-order valence-electron chi connectivity index (χ3n) is 4.19. The molecule has 8 heteroatoms. The van der Waals surface area contributed by atoms with Crippen molar-refractivity contribution in [1.29, 1.82) is 0 Å². The number of rotatable bonds is 5. The average Bonchev–Trinajstić information content (AvgIpc) is 3.18. The maximum Gasteiger partial charge on any atom is 0.243 e. The van der Waals surface area contributed by atoms with Crippen molar-refractivity contribution in [1.82, 2.24) is 19.3 Å². The second kappa shape index (κ2) is 6.03. The number of hydrogen-bond donors (Lipinski definition) is 1. The molecule has 7 nitrogen and oxygen atoms in total. The van der Waals surface area contributed by atoms with Gasteiger partial charge in [-0.2, -0.15) is 4.31 Å². The summed E-state index contributed by atoms with van der Waals surface area (Å²) >= 11 is 0. The van der Waals surface area contributed by atoms with E-state index in [0.717, 1.165) is 12.0 Å². The van der Waals surface area contributed by atoms with Crippen molar-refractivity contribution < 1.29 is 13.5 Å². The van der Waals surface area contributed by atoms with Crippen LogP contribution in [-0.2, 0) is 23.0 Å². The molecule has 23 heavy (non-hydrogen) atoms. The highest BCUT2D eigenvalue weighted by molar-refractivity contribution is 7.89. The zero-order valence-electron chi connectivity index (χ0n) is 13.0. The van der Waals surface area contributed by atoms with Crippen molar-refractivity contribution in [2.24, 2.45) is 0 Å². The van der Waals surface area contributed by atoms with Crippen molar-refractivity contribution in [3.8, 4) is 0 Å². The van der Waals surface area contributed by atoms with Crippen LogP contribution in [0.1, 0.15) is 18.9 Å². The van der Waals surface area contributed by atoms with E-state index in [9.17, 15) is 13.5 Å². The molecule has 0 amide bonds. The van der Waals surface area contributed by atoms with E-state index in [1.54, 1.807) is 18.3 Å². The lowest BCUT2D eigenvalue weighted by Gasteiger charge is -2.23. The van der Waals surface area contributed by atoms with Gasteiger partial charge in [-0.3, -0.25) is 0 Å². The first-order valence-electron chi connectivity index (χ1n) is 7.58. The topological polar surface area (TPSA) is 88.3 Å². The molecule has 0 aliphatic carbocycles. The number of nitrogens with zero attached hydrogens (tertiary/aromatic N) is 4. The summed E-state index contributed by atoms with van der Waals surface area (Å²) in [6.45, 7) is 2.61. The molecule has 1 aliphatic rings. The molecule has 1 atom stereocenters. The second-order valence-electron chi connectivity index (χ2n) is 5.91. The van der Waals surface area contributed by atoms with Crippen molar-refractivity contribution in [2.75, 3.05) is 13.1 Å². The van der Waals surface area contributed by atoms with Gasteiger partial charge in [-0.1, -0.05) is 24.3 Å². The van der Waals surface area contributed by atoms with E-state index >= 15 is 0 Å². The van der Waals surface area contributed by atoms with Gasteiger partial charge in [0.2, 0.25) is 10.0 Å². The van der Waals surface area contributed by atoms with Crippen molar-refractivity contribution in [3.05, 3.63) is 42.2 Å². The van der Waals surface area contributed by atoms with E-state index < -0.39 is 15.6 Å². The quantitative estimate of drug-likeness (QED) is 0.867. The molecule has 1 aromatic heterocycles. The SMILES string of the molecule is CCc1ccc(S(=O)(=O)N2CCC(O)(Cn3ccnn3)C2)cc1. The van der Waals surface area contributed by atoms with Crippen molar-refractivity contribution in [2.45, 2.75) is 36.8 Å². The zero-order valence-corrected chi connectivity index (χ0v) is 13.8. The highest BCUT2D eigenvalue weighted by Gasteiger charge is 2.42. The summed E-state index contributed by atoms with van der Waals surface area (Å²) in [4.78, 5) is 0.264. The largest absolute Gasteiger partial charge is 0.387 e. The van der Waals surface area contributed by atoms with E-state index in [4.69, 9.17) is 0 Å². The molecule has 2 heterocycles. The molecule has 1 N–H and O–H groups in total. The molecule has 1 unspecified atom stereocenters. The number of aromatic nitrogens is 3. The summed E-state index contributed by atoms with van der Waals surface area (Å²) in [6, 6.07) is 6.90. The van der Waals surface area contributed by atoms with Gasteiger partial charge in [0.25, 0.3) is 0 Å². The van der Waals surface area contributed by atoms with Gasteiger partial charge in [-0.15, -0.1) is 5.10 Å². The summed E-state index contributed by atoms with van der Waals surface area (Å²) in [7, 11) is -3.59. The number of aliphatic hydroxyl groups is 1. The highest BCUT2D eigenvalue weighted by atomic mass is 32.2. The first kappa shape index (κ1) is 16.1. The average molecular weight is 336 g/mol. The molecular formula is C15H20N4O3S. The van der Waals surface area contributed by atoms with E-state index in [1.807, 2.05) is 19.1 Å². The van der Waals surface area contributed by atoms with Gasteiger partial charge in [0.1, 0.15) is 0 Å². The number of hydrogen-bond acceptors (Lipinski definition) is 5. The van der Waals surface area contributed by atoms with E-state index in [0.29, 0.717) is 13.0 Å². The summed E-state index contributed by atoms with van der Waals surface area (Å²) in [5.41, 5.74) is -0.0301. The van der Waals surface area contributed by atoms with E-state index in [1.165, 1.54) is 15.2 Å². The molecule has 2 aromatic rings. The van der Waals surface area contributed by atoms with Crippen LogP contribution in [0.3, 0.4) is 0 Å². The van der Waals surface area contributed by atoms with E-state index in [2.05, 4.69) is 10.3 Å². The van der Waals surface area contributed by atoms with Gasteiger partial charge < -0.3 is 5.11 Å². The Morgan fingerprint density at radius 2 is 2.04 bits per heavy atom. The molecule has 0 bridgehead atoms. The molecule has 3 rings (SSSR count). The summed E-state index contributed by atoms with van der Waals surface area (Å²) in [5.74, 6) is 0. The van der Waals surface area contributed by atoms with Gasteiger partial charge in [-0.25, -0.2) is 13.1 Å². The Hall–Kier alpha value is -1.77. The van der Waals surface area contributed by atoms with Crippen LogP contribution in [0.5, 0.6) is 0 Å². The summed E-state index contributed by atoms with van der Waals surface area (Å²) < 4.78 is 28.3. The minimum atomic E-state index is -3.59. The summed E-state index contributed by atoms with van der Waals surface area (Å²) in [5, 5.41) is 18.2. The maximum absolute atomic E-state index is 12.7. The van der Waals surface area contributed by atoms with Crippen LogP contribution in [0.25, 0.3) is 0 Å². The molecule has 1 aliphatic heterocycles. The lowest BCUT2D eigenvalue weighted by Crippen LogP contribution is -2.39.